The summed E-state index contributed by atoms with van der Waals surface area (Å²) >= 11 is 5.83. The largest absolute Gasteiger partial charge is 0.484 e. The summed E-state index contributed by atoms with van der Waals surface area (Å²) in [4.78, 5) is 38.4. The normalized spacial score (nSPS) is 14.0. The Labute approximate surface area is 186 Å². The molecule has 1 heterocycles. The van der Waals surface area contributed by atoms with Crippen LogP contribution in [0, 0.1) is 5.92 Å². The third-order valence-corrected chi connectivity index (χ3v) is 5.39. The molecule has 0 atom stereocenters. The van der Waals surface area contributed by atoms with Crippen molar-refractivity contribution in [2.45, 2.75) is 12.8 Å². The molecule has 2 aromatic carbocycles. The zero-order valence-corrected chi connectivity index (χ0v) is 17.9. The number of nitrogens with one attached hydrogen (secondary N) is 2. The predicted molar refractivity (Wildman–Crippen MR) is 118 cm³/mol. The van der Waals surface area contributed by atoms with Crippen molar-refractivity contribution in [1.29, 1.82) is 0 Å². The molecule has 2 aromatic rings. The number of ether oxygens (including phenoxy) is 1. The van der Waals surface area contributed by atoms with Crippen LogP contribution in [0.3, 0.4) is 0 Å². The van der Waals surface area contributed by atoms with Gasteiger partial charge in [0.05, 0.1) is 0 Å². The minimum Gasteiger partial charge on any atom is -0.484 e. The van der Waals surface area contributed by atoms with Crippen LogP contribution in [-0.2, 0) is 9.59 Å². The molecule has 1 aliphatic heterocycles. The lowest BCUT2D eigenvalue weighted by Gasteiger charge is -2.31. The molecule has 164 valence electrons. The molecule has 2 N–H and O–H groups in total. The molecule has 1 fully saturated rings. The van der Waals surface area contributed by atoms with E-state index in [-0.39, 0.29) is 30.2 Å². The lowest BCUT2D eigenvalue weighted by atomic mass is 9.96. The lowest BCUT2D eigenvalue weighted by Crippen LogP contribution is -2.45. The molecule has 1 saturated heterocycles. The molecule has 0 spiro atoms. The number of piperidine rings is 1. The SMILES string of the molecule is O=C(NCCNC(=O)C1CCN(C(=O)COc2ccc(Cl)cc2)CC1)c1ccccc1. The Balaban J connectivity index is 1.31. The van der Waals surface area contributed by atoms with E-state index in [2.05, 4.69) is 10.6 Å². The second-order valence-electron chi connectivity index (χ2n) is 7.31. The van der Waals surface area contributed by atoms with Gasteiger partial charge in [-0.2, -0.15) is 0 Å². The fraction of sp³-hybridized carbons (Fsp3) is 0.348. The van der Waals surface area contributed by atoms with Gasteiger partial charge in [-0.25, -0.2) is 0 Å². The summed E-state index contributed by atoms with van der Waals surface area (Å²) in [6, 6.07) is 15.8. The fourth-order valence-electron chi connectivity index (χ4n) is 3.36. The van der Waals surface area contributed by atoms with Crippen molar-refractivity contribution >= 4 is 29.3 Å². The summed E-state index contributed by atoms with van der Waals surface area (Å²) in [6.45, 7) is 1.72. The van der Waals surface area contributed by atoms with Crippen molar-refractivity contribution < 1.29 is 19.1 Å². The average molecular weight is 444 g/mol. The van der Waals surface area contributed by atoms with Gasteiger partial charge in [-0.05, 0) is 49.2 Å². The van der Waals surface area contributed by atoms with E-state index in [9.17, 15) is 14.4 Å². The number of hydrogen-bond donors (Lipinski definition) is 2. The van der Waals surface area contributed by atoms with Crippen LogP contribution >= 0.6 is 11.6 Å². The van der Waals surface area contributed by atoms with Gasteiger partial charge in [0.25, 0.3) is 11.8 Å². The molecular weight excluding hydrogens is 418 g/mol. The highest BCUT2D eigenvalue weighted by molar-refractivity contribution is 6.30. The molecule has 3 rings (SSSR count). The number of amides is 3. The van der Waals surface area contributed by atoms with E-state index in [1.807, 2.05) is 6.07 Å². The topological polar surface area (TPSA) is 87.7 Å². The van der Waals surface area contributed by atoms with Gasteiger partial charge in [0.2, 0.25) is 5.91 Å². The van der Waals surface area contributed by atoms with Crippen LogP contribution in [0.1, 0.15) is 23.2 Å². The predicted octanol–water partition coefficient (Wildman–Crippen LogP) is 2.50. The van der Waals surface area contributed by atoms with Gasteiger partial charge in [0, 0.05) is 42.7 Å². The molecule has 0 aromatic heterocycles. The average Bonchev–Trinajstić information content (AvgIpc) is 2.81. The number of carbonyl (C=O) groups is 3. The summed E-state index contributed by atoms with van der Waals surface area (Å²) in [5, 5.41) is 6.25. The Bertz CT molecular complexity index is 881. The number of nitrogens with zero attached hydrogens (tertiary/aromatic N) is 1. The first-order valence-electron chi connectivity index (χ1n) is 10.3. The summed E-state index contributed by atoms with van der Waals surface area (Å²) in [5.74, 6) is 0.149. The number of halogens is 1. The van der Waals surface area contributed by atoms with Crippen LogP contribution < -0.4 is 15.4 Å². The van der Waals surface area contributed by atoms with Crippen molar-refractivity contribution in [1.82, 2.24) is 15.5 Å². The van der Waals surface area contributed by atoms with Crippen LogP contribution in [0.15, 0.2) is 54.6 Å². The number of carbonyl (C=O) groups excluding carboxylic acids is 3. The standard InChI is InChI=1S/C23H26ClN3O4/c24-19-6-8-20(9-7-19)31-16-21(28)27-14-10-18(11-15-27)23(30)26-13-12-25-22(29)17-4-2-1-3-5-17/h1-9,18H,10-16H2,(H,25,29)(H,26,30). The van der Waals surface area contributed by atoms with E-state index in [1.54, 1.807) is 53.4 Å². The van der Waals surface area contributed by atoms with Gasteiger partial charge >= 0.3 is 0 Å². The van der Waals surface area contributed by atoms with Gasteiger partial charge in [-0.3, -0.25) is 14.4 Å². The highest BCUT2D eigenvalue weighted by Crippen LogP contribution is 2.19. The van der Waals surface area contributed by atoms with E-state index < -0.39 is 0 Å². The summed E-state index contributed by atoms with van der Waals surface area (Å²) in [6.07, 6.45) is 1.21. The van der Waals surface area contributed by atoms with Crippen molar-refractivity contribution in [2.75, 3.05) is 32.8 Å². The summed E-state index contributed by atoms with van der Waals surface area (Å²) in [5.41, 5.74) is 0.589. The second-order valence-corrected chi connectivity index (χ2v) is 7.75. The van der Waals surface area contributed by atoms with Crippen molar-refractivity contribution in [3.05, 3.63) is 65.2 Å². The molecule has 0 aliphatic carbocycles. The molecule has 8 heteroatoms. The van der Waals surface area contributed by atoms with Crippen LogP contribution in [-0.4, -0.2) is 55.4 Å². The fourth-order valence-corrected chi connectivity index (χ4v) is 3.48. The lowest BCUT2D eigenvalue weighted by molar-refractivity contribution is -0.137. The molecule has 0 unspecified atom stereocenters. The molecule has 0 bridgehead atoms. The van der Waals surface area contributed by atoms with Crippen LogP contribution in [0.5, 0.6) is 5.75 Å². The minimum absolute atomic E-state index is 0.0421. The van der Waals surface area contributed by atoms with Crippen molar-refractivity contribution in [3.63, 3.8) is 0 Å². The van der Waals surface area contributed by atoms with Gasteiger partial charge in [0.1, 0.15) is 5.75 Å². The second kappa shape index (κ2) is 11.4. The van der Waals surface area contributed by atoms with E-state index in [1.165, 1.54) is 0 Å². The number of likely N-dealkylation sites (tertiary alicyclic amines) is 1. The van der Waals surface area contributed by atoms with Crippen LogP contribution in [0.2, 0.25) is 5.02 Å². The van der Waals surface area contributed by atoms with Gasteiger partial charge in [0.15, 0.2) is 6.61 Å². The van der Waals surface area contributed by atoms with Crippen molar-refractivity contribution in [2.24, 2.45) is 5.92 Å². The molecule has 31 heavy (non-hydrogen) atoms. The first-order valence-corrected chi connectivity index (χ1v) is 10.7. The van der Waals surface area contributed by atoms with E-state index >= 15 is 0 Å². The zero-order chi connectivity index (χ0) is 22.1. The number of rotatable bonds is 8. The monoisotopic (exact) mass is 443 g/mol. The van der Waals surface area contributed by atoms with Crippen molar-refractivity contribution in [3.8, 4) is 5.75 Å². The molecule has 0 saturated carbocycles. The molecule has 0 radical (unpaired) electrons. The third kappa shape index (κ3) is 7.00. The number of hydrogen-bond acceptors (Lipinski definition) is 4. The Morgan fingerprint density at radius 2 is 1.58 bits per heavy atom. The minimum atomic E-state index is -0.164. The van der Waals surface area contributed by atoms with E-state index in [0.717, 1.165) is 0 Å². The zero-order valence-electron chi connectivity index (χ0n) is 17.2. The Morgan fingerprint density at radius 1 is 0.935 bits per heavy atom. The Hall–Kier alpha value is -3.06. The highest BCUT2D eigenvalue weighted by atomic mass is 35.5. The van der Waals surface area contributed by atoms with E-state index in [4.69, 9.17) is 16.3 Å². The van der Waals surface area contributed by atoms with Gasteiger partial charge in [-0.15, -0.1) is 0 Å². The smallest absolute Gasteiger partial charge is 0.260 e. The maximum absolute atomic E-state index is 12.4. The summed E-state index contributed by atoms with van der Waals surface area (Å²) < 4.78 is 5.50. The van der Waals surface area contributed by atoms with Gasteiger partial charge in [-0.1, -0.05) is 29.8 Å². The molecular formula is C23H26ClN3O4. The maximum Gasteiger partial charge on any atom is 0.260 e. The Kier molecular flexibility index (Phi) is 8.29. The summed E-state index contributed by atoms with van der Waals surface area (Å²) in [7, 11) is 0. The Morgan fingerprint density at radius 3 is 2.26 bits per heavy atom. The van der Waals surface area contributed by atoms with E-state index in [0.29, 0.717) is 55.4 Å². The maximum atomic E-state index is 12.4. The molecule has 1 aliphatic rings. The highest BCUT2D eigenvalue weighted by Gasteiger charge is 2.27. The number of benzene rings is 2. The third-order valence-electron chi connectivity index (χ3n) is 5.14. The van der Waals surface area contributed by atoms with Gasteiger partial charge < -0.3 is 20.3 Å². The van der Waals surface area contributed by atoms with Crippen LogP contribution in [0.25, 0.3) is 0 Å². The first-order chi connectivity index (χ1) is 15.0. The van der Waals surface area contributed by atoms with Crippen LogP contribution in [0.4, 0.5) is 0 Å². The quantitative estimate of drug-likeness (QED) is 0.613. The molecule has 3 amide bonds. The first kappa shape index (κ1) is 22.6. The molecule has 7 nitrogen and oxygen atoms in total.